The predicted molar refractivity (Wildman–Crippen MR) is 96.2 cm³/mol. The molecule has 0 spiro atoms. The summed E-state index contributed by atoms with van der Waals surface area (Å²) in [4.78, 5) is 0. The molecule has 24 heavy (non-hydrogen) atoms. The summed E-state index contributed by atoms with van der Waals surface area (Å²) in [6.07, 6.45) is 14.8. The van der Waals surface area contributed by atoms with Gasteiger partial charge < -0.3 is 9.47 Å². The Bertz CT molecular complexity index is 294. The van der Waals surface area contributed by atoms with Crippen molar-refractivity contribution in [3.63, 3.8) is 0 Å². The van der Waals surface area contributed by atoms with Crippen molar-refractivity contribution in [2.75, 3.05) is 13.2 Å². The molecular weight excluding hydrogens is 343 g/mol. The van der Waals surface area contributed by atoms with Gasteiger partial charge in [-0.05, 0) is 13.8 Å². The van der Waals surface area contributed by atoms with Crippen LogP contribution >= 0.6 is 0 Å². The molecule has 0 unspecified atom stereocenters. The first-order valence-corrected chi connectivity index (χ1v) is 8.45. The van der Waals surface area contributed by atoms with Gasteiger partial charge in [0.25, 0.3) is 0 Å². The Morgan fingerprint density at radius 3 is 1.33 bits per heavy atom. The smallest absolute Gasteiger partial charge is 0.532 e. The van der Waals surface area contributed by atoms with Crippen molar-refractivity contribution in [2.24, 2.45) is 0 Å². The zero-order valence-electron chi connectivity index (χ0n) is 16.2. The van der Waals surface area contributed by atoms with Gasteiger partial charge >= 0.3 is 35.9 Å². The summed E-state index contributed by atoms with van der Waals surface area (Å²) in [5.41, 5.74) is 0. The van der Waals surface area contributed by atoms with Gasteiger partial charge in [0, 0.05) is 0 Å². The van der Waals surface area contributed by atoms with Crippen LogP contribution in [0.4, 0.5) is 0 Å². The summed E-state index contributed by atoms with van der Waals surface area (Å²) in [6.45, 7) is 20.4. The Hall–Kier alpha value is -0.323. The van der Waals surface area contributed by atoms with Crippen molar-refractivity contribution < 1.29 is 45.4 Å². The molecule has 0 aromatic rings. The number of unbranched alkanes of at least 4 members (excludes halogenated alkanes) is 4. The van der Waals surface area contributed by atoms with E-state index in [1.807, 2.05) is 26.0 Å². The zero-order chi connectivity index (χ0) is 17.1. The third-order valence-electron chi connectivity index (χ3n) is 2.63. The van der Waals surface area contributed by atoms with E-state index in [1.54, 1.807) is 0 Å². The molecule has 0 bridgehead atoms. The SMILES string of the molecule is [CH-]=C(/C=C\CCCC)OCC.[CH-]=C(/C=C\CCCC)OCC.[Cu+].[Li+]. The maximum Gasteiger partial charge on any atom is 1.00 e. The molecule has 0 atom stereocenters. The van der Waals surface area contributed by atoms with E-state index in [4.69, 9.17) is 22.6 Å². The minimum atomic E-state index is 0. The molecule has 4 heteroatoms. The molecule has 0 fully saturated rings. The van der Waals surface area contributed by atoms with Gasteiger partial charge in [-0.15, -0.1) is 0 Å². The monoisotopic (exact) mass is 376 g/mol. The molecule has 0 heterocycles. The van der Waals surface area contributed by atoms with E-state index in [9.17, 15) is 0 Å². The molecule has 138 valence electrons. The molecule has 0 rings (SSSR count). The van der Waals surface area contributed by atoms with Gasteiger partial charge in [0.1, 0.15) is 0 Å². The van der Waals surface area contributed by atoms with Gasteiger partial charge in [-0.3, -0.25) is 0 Å². The van der Waals surface area contributed by atoms with Crippen LogP contribution in [-0.2, 0) is 26.5 Å². The largest absolute Gasteiger partial charge is 1.00 e. The second kappa shape index (κ2) is 27.5. The molecule has 0 saturated carbocycles. The van der Waals surface area contributed by atoms with Crippen LogP contribution in [0.25, 0.3) is 0 Å². The van der Waals surface area contributed by atoms with E-state index in [1.165, 1.54) is 25.7 Å². The van der Waals surface area contributed by atoms with Crippen LogP contribution in [0.15, 0.2) is 35.8 Å². The van der Waals surface area contributed by atoms with E-state index in [2.05, 4.69) is 26.0 Å². The van der Waals surface area contributed by atoms with Gasteiger partial charge in [-0.1, -0.05) is 63.9 Å². The number of hydrogen-bond donors (Lipinski definition) is 0. The number of ether oxygens (including phenoxy) is 2. The predicted octanol–water partition coefficient (Wildman–Crippen LogP) is 3.17. The fraction of sp³-hybridized carbons (Fsp3) is 0.600. The van der Waals surface area contributed by atoms with Crippen molar-refractivity contribution in [1.29, 1.82) is 0 Å². The average molecular weight is 377 g/mol. The third kappa shape index (κ3) is 29.7. The fourth-order valence-corrected chi connectivity index (χ4v) is 1.47. The first-order valence-electron chi connectivity index (χ1n) is 8.45. The maximum absolute atomic E-state index is 5.47. The van der Waals surface area contributed by atoms with Crippen LogP contribution in [0.3, 0.4) is 0 Å². The second-order valence-electron chi connectivity index (χ2n) is 4.76. The number of allylic oxidation sites excluding steroid dienone is 4. The normalized spacial score (nSPS) is 9.50. The molecule has 0 aliphatic rings. The van der Waals surface area contributed by atoms with Crippen LogP contribution in [0.5, 0.6) is 0 Å². The van der Waals surface area contributed by atoms with Crippen LogP contribution in [0, 0.1) is 13.2 Å². The molecule has 2 nitrogen and oxygen atoms in total. The molecule has 0 radical (unpaired) electrons. The molecule has 0 aromatic carbocycles. The Kier molecular flexibility index (Phi) is 36.1. The van der Waals surface area contributed by atoms with Gasteiger partial charge in [-0.2, -0.15) is 24.3 Å². The van der Waals surface area contributed by atoms with Crippen molar-refractivity contribution in [3.8, 4) is 0 Å². The van der Waals surface area contributed by atoms with Gasteiger partial charge in [-0.25, -0.2) is 13.2 Å². The van der Waals surface area contributed by atoms with Gasteiger partial charge in [0.05, 0.1) is 13.2 Å². The average Bonchev–Trinajstić information content (AvgIpc) is 2.49. The van der Waals surface area contributed by atoms with E-state index in [-0.39, 0.29) is 35.9 Å². The molecule has 0 aromatic heterocycles. The first kappa shape index (κ1) is 31.4. The Morgan fingerprint density at radius 2 is 1.08 bits per heavy atom. The number of rotatable bonds is 12. The quantitative estimate of drug-likeness (QED) is 0.171. The molecule has 0 N–H and O–H groups in total. The van der Waals surface area contributed by atoms with Crippen LogP contribution < -0.4 is 18.9 Å². The molecule has 0 aliphatic heterocycles. The summed E-state index contributed by atoms with van der Waals surface area (Å²) < 4.78 is 10.1. The van der Waals surface area contributed by atoms with Crippen molar-refractivity contribution >= 4 is 0 Å². The van der Waals surface area contributed by atoms with Gasteiger partial charge in [0.15, 0.2) is 0 Å². The summed E-state index contributed by atoms with van der Waals surface area (Å²) in [5, 5.41) is 0. The Labute approximate surface area is 173 Å². The van der Waals surface area contributed by atoms with E-state index < -0.39 is 0 Å². The van der Waals surface area contributed by atoms with Crippen molar-refractivity contribution in [2.45, 2.75) is 66.2 Å². The fourth-order valence-electron chi connectivity index (χ4n) is 1.47. The summed E-state index contributed by atoms with van der Waals surface area (Å²) in [7, 11) is 0. The summed E-state index contributed by atoms with van der Waals surface area (Å²) in [6, 6.07) is 0. The van der Waals surface area contributed by atoms with Crippen LogP contribution in [-0.4, -0.2) is 13.2 Å². The molecule has 0 saturated heterocycles. The Balaban J connectivity index is -0.000000154. The molecule has 0 amide bonds. The summed E-state index contributed by atoms with van der Waals surface area (Å²) >= 11 is 0. The molecule has 0 aliphatic carbocycles. The standard InChI is InChI=1S/2C10H17O.Cu.Li/c2*1-4-6-7-8-9-10(3)11-5-2;;/h2*3,8-9H,4-7H2,1-2H3;;/q2*-1;2*+1/b2*9-8-;;. The molecular formula is C20H34CuLiO2. The van der Waals surface area contributed by atoms with Crippen LogP contribution in [0.2, 0.25) is 0 Å². The van der Waals surface area contributed by atoms with Crippen molar-refractivity contribution in [1.82, 2.24) is 0 Å². The maximum atomic E-state index is 5.47. The number of hydrogen-bond acceptors (Lipinski definition) is 2. The van der Waals surface area contributed by atoms with E-state index in [0.717, 1.165) is 12.8 Å². The van der Waals surface area contributed by atoms with E-state index in [0.29, 0.717) is 24.7 Å². The van der Waals surface area contributed by atoms with Crippen molar-refractivity contribution in [3.05, 3.63) is 49.0 Å². The minimum absolute atomic E-state index is 0. The summed E-state index contributed by atoms with van der Waals surface area (Å²) in [5.74, 6) is 1.03. The minimum Gasteiger partial charge on any atom is -0.532 e. The third-order valence-corrected chi connectivity index (χ3v) is 2.63. The topological polar surface area (TPSA) is 18.5 Å². The van der Waals surface area contributed by atoms with Crippen LogP contribution in [0.1, 0.15) is 66.2 Å². The van der Waals surface area contributed by atoms with E-state index >= 15 is 0 Å². The van der Waals surface area contributed by atoms with Gasteiger partial charge in [0.2, 0.25) is 0 Å². The first-order chi connectivity index (χ1) is 10.6. The Morgan fingerprint density at radius 1 is 0.750 bits per heavy atom. The second-order valence-corrected chi connectivity index (χ2v) is 4.76. The zero-order valence-corrected chi connectivity index (χ0v) is 17.2.